The average Bonchev–Trinajstić information content (AvgIpc) is 3.49. The second-order valence-electron chi connectivity index (χ2n) is 7.88. The van der Waals surface area contributed by atoms with Gasteiger partial charge >= 0.3 is 0 Å². The van der Waals surface area contributed by atoms with Crippen molar-refractivity contribution in [1.29, 1.82) is 0 Å². The molecule has 0 fully saturated rings. The first-order valence-electron chi connectivity index (χ1n) is 10.5. The van der Waals surface area contributed by atoms with Crippen LogP contribution in [0.15, 0.2) is 66.1 Å². The van der Waals surface area contributed by atoms with Gasteiger partial charge in [-0.25, -0.2) is 14.4 Å². The van der Waals surface area contributed by atoms with E-state index in [0.29, 0.717) is 22.6 Å². The molecule has 0 aliphatic carbocycles. The number of hydrogen-bond acceptors (Lipinski definition) is 5. The van der Waals surface area contributed by atoms with Gasteiger partial charge in [-0.2, -0.15) is 0 Å². The van der Waals surface area contributed by atoms with Crippen LogP contribution in [0.25, 0.3) is 28.1 Å². The van der Waals surface area contributed by atoms with Gasteiger partial charge in [0.05, 0.1) is 34.2 Å². The third kappa shape index (κ3) is 4.07. The molecule has 0 bridgehead atoms. The monoisotopic (exact) mass is 478 g/mol. The van der Waals surface area contributed by atoms with E-state index in [1.807, 2.05) is 29.8 Å². The number of nitrogens with zero attached hydrogens (tertiary/aromatic N) is 3. The number of pyridine rings is 1. The van der Waals surface area contributed by atoms with E-state index in [1.54, 1.807) is 18.6 Å². The van der Waals surface area contributed by atoms with Gasteiger partial charge in [-0.05, 0) is 48.4 Å². The summed E-state index contributed by atoms with van der Waals surface area (Å²) in [6, 6.07) is 9.67. The second-order valence-corrected chi connectivity index (χ2v) is 8.29. The summed E-state index contributed by atoms with van der Waals surface area (Å²) in [6.07, 6.45) is 5.80. The van der Waals surface area contributed by atoms with Crippen LogP contribution in [0.2, 0.25) is 5.02 Å². The Kier molecular flexibility index (Phi) is 5.64. The van der Waals surface area contributed by atoms with Crippen LogP contribution in [0.1, 0.15) is 17.2 Å². The molecule has 3 aromatic heterocycles. The molecule has 8 nitrogen and oxygen atoms in total. The molecule has 0 amide bonds. The van der Waals surface area contributed by atoms with Gasteiger partial charge in [-0.3, -0.25) is 4.79 Å². The Labute approximate surface area is 198 Å². The molecule has 0 saturated heterocycles. The van der Waals surface area contributed by atoms with Crippen molar-refractivity contribution in [1.82, 2.24) is 24.5 Å². The first kappa shape index (κ1) is 21.9. The van der Waals surface area contributed by atoms with Crippen LogP contribution in [-0.4, -0.2) is 36.2 Å². The highest BCUT2D eigenvalue weighted by Crippen LogP contribution is 2.28. The standard InChI is InChI=1S/C24H20ClFN6O2/c1-13-8-15(32-7-6-27-12-32)10-19-22(13)31-23(30-19)21-18(4-5-28-24(21)34)29-11-20(33)14-2-3-17(26)16(25)9-14/h2-10,12,20,33H,11H2,1H3,(H,30,31)(H2,28,29,34). The van der Waals surface area contributed by atoms with Gasteiger partial charge in [0.25, 0.3) is 5.56 Å². The summed E-state index contributed by atoms with van der Waals surface area (Å²) < 4.78 is 15.3. The maximum Gasteiger partial charge on any atom is 0.261 e. The van der Waals surface area contributed by atoms with Crippen LogP contribution >= 0.6 is 11.6 Å². The minimum absolute atomic E-state index is 0.0684. The zero-order valence-corrected chi connectivity index (χ0v) is 18.8. The van der Waals surface area contributed by atoms with Crippen molar-refractivity contribution in [2.45, 2.75) is 13.0 Å². The summed E-state index contributed by atoms with van der Waals surface area (Å²) in [6.45, 7) is 2.02. The lowest BCUT2D eigenvalue weighted by atomic mass is 10.1. The third-order valence-electron chi connectivity index (χ3n) is 5.58. The number of fused-ring (bicyclic) bond motifs is 1. The summed E-state index contributed by atoms with van der Waals surface area (Å²) in [5.74, 6) is -0.164. The maximum absolute atomic E-state index is 13.4. The molecule has 0 spiro atoms. The van der Waals surface area contributed by atoms with Crippen LogP contribution in [0.5, 0.6) is 0 Å². The molecule has 10 heteroatoms. The van der Waals surface area contributed by atoms with E-state index < -0.39 is 11.9 Å². The maximum atomic E-state index is 13.4. The molecule has 1 unspecified atom stereocenters. The average molecular weight is 479 g/mol. The van der Waals surface area contributed by atoms with Crippen molar-refractivity contribution in [3.05, 3.63) is 93.6 Å². The normalized spacial score (nSPS) is 12.2. The van der Waals surface area contributed by atoms with Gasteiger partial charge in [0.1, 0.15) is 17.2 Å². The molecule has 0 aliphatic heterocycles. The van der Waals surface area contributed by atoms with E-state index in [1.165, 1.54) is 24.4 Å². The highest BCUT2D eigenvalue weighted by Gasteiger charge is 2.17. The zero-order chi connectivity index (χ0) is 23.8. The molecule has 1 atom stereocenters. The molecule has 0 saturated carbocycles. The highest BCUT2D eigenvalue weighted by atomic mass is 35.5. The first-order valence-corrected chi connectivity index (χ1v) is 10.9. The number of H-pyrrole nitrogens is 2. The number of aromatic nitrogens is 5. The fourth-order valence-corrected chi connectivity index (χ4v) is 4.04. The Morgan fingerprint density at radius 3 is 2.88 bits per heavy atom. The van der Waals surface area contributed by atoms with Crippen LogP contribution in [0.3, 0.4) is 0 Å². The Morgan fingerprint density at radius 1 is 1.26 bits per heavy atom. The molecule has 4 N–H and O–H groups in total. The van der Waals surface area contributed by atoms with Crippen LogP contribution in [-0.2, 0) is 0 Å². The molecule has 2 aromatic carbocycles. The van der Waals surface area contributed by atoms with Crippen molar-refractivity contribution >= 4 is 28.3 Å². The number of hydrogen-bond donors (Lipinski definition) is 4. The number of rotatable bonds is 6. The van der Waals surface area contributed by atoms with E-state index in [9.17, 15) is 14.3 Å². The minimum atomic E-state index is -0.971. The van der Waals surface area contributed by atoms with E-state index in [0.717, 1.165) is 22.3 Å². The van der Waals surface area contributed by atoms with Crippen molar-refractivity contribution in [3.63, 3.8) is 0 Å². The topological polar surface area (TPSA) is 112 Å². The lowest BCUT2D eigenvalue weighted by Gasteiger charge is -2.15. The Morgan fingerprint density at radius 2 is 2.12 bits per heavy atom. The van der Waals surface area contributed by atoms with Crippen molar-refractivity contribution in [2.75, 3.05) is 11.9 Å². The molecule has 3 heterocycles. The van der Waals surface area contributed by atoms with Crippen LogP contribution in [0, 0.1) is 12.7 Å². The second kappa shape index (κ2) is 8.77. The van der Waals surface area contributed by atoms with Crippen LogP contribution in [0.4, 0.5) is 10.1 Å². The molecule has 172 valence electrons. The number of aliphatic hydroxyl groups is 1. The van der Waals surface area contributed by atoms with Crippen molar-refractivity contribution in [3.8, 4) is 17.1 Å². The van der Waals surface area contributed by atoms with E-state index in [-0.39, 0.29) is 17.1 Å². The van der Waals surface area contributed by atoms with E-state index >= 15 is 0 Å². The van der Waals surface area contributed by atoms with Gasteiger partial charge in [0.15, 0.2) is 0 Å². The minimum Gasteiger partial charge on any atom is -0.387 e. The lowest BCUT2D eigenvalue weighted by molar-refractivity contribution is 0.191. The number of aryl methyl sites for hydroxylation is 1. The third-order valence-corrected chi connectivity index (χ3v) is 5.87. The van der Waals surface area contributed by atoms with E-state index in [2.05, 4.69) is 25.3 Å². The molecule has 5 rings (SSSR count). The summed E-state index contributed by atoms with van der Waals surface area (Å²) in [5.41, 5.74) is 4.29. The number of nitrogens with one attached hydrogen (secondary N) is 3. The molecule has 34 heavy (non-hydrogen) atoms. The molecular formula is C24H20ClFN6O2. The van der Waals surface area contributed by atoms with Gasteiger partial charge in [-0.1, -0.05) is 17.7 Å². The van der Waals surface area contributed by atoms with Crippen molar-refractivity contribution < 1.29 is 9.50 Å². The predicted octanol–water partition coefficient (Wildman–Crippen LogP) is 4.35. The van der Waals surface area contributed by atoms with Gasteiger partial charge < -0.3 is 25.0 Å². The van der Waals surface area contributed by atoms with Crippen molar-refractivity contribution in [2.24, 2.45) is 0 Å². The Balaban J connectivity index is 1.48. The summed E-state index contributed by atoms with van der Waals surface area (Å²) >= 11 is 5.83. The highest BCUT2D eigenvalue weighted by molar-refractivity contribution is 6.30. The number of anilines is 1. The number of imidazole rings is 2. The summed E-state index contributed by atoms with van der Waals surface area (Å²) in [5, 5.41) is 13.6. The Hall–Kier alpha value is -3.95. The molecule has 5 aromatic rings. The fourth-order valence-electron chi connectivity index (χ4n) is 3.86. The number of benzene rings is 2. The molecule has 0 radical (unpaired) electrons. The number of aliphatic hydroxyl groups excluding tert-OH is 1. The first-order chi connectivity index (χ1) is 16.4. The quantitative estimate of drug-likeness (QED) is 0.290. The Bertz CT molecular complexity index is 1540. The van der Waals surface area contributed by atoms with Gasteiger partial charge in [0, 0.05) is 30.8 Å². The lowest BCUT2D eigenvalue weighted by Crippen LogP contribution is -2.17. The van der Waals surface area contributed by atoms with Gasteiger partial charge in [0.2, 0.25) is 0 Å². The largest absolute Gasteiger partial charge is 0.387 e. The zero-order valence-electron chi connectivity index (χ0n) is 18.0. The van der Waals surface area contributed by atoms with Crippen LogP contribution < -0.4 is 10.9 Å². The number of halogens is 2. The smallest absolute Gasteiger partial charge is 0.261 e. The molecular weight excluding hydrogens is 459 g/mol. The molecule has 0 aliphatic rings. The SMILES string of the molecule is Cc1cc(-n2ccnc2)cc2[nH]c(-c3c(NCC(O)c4ccc(F)c(Cl)c4)cc[nH]c3=O)nc12. The fraction of sp³-hybridized carbons (Fsp3) is 0.125. The number of aromatic amines is 2. The summed E-state index contributed by atoms with van der Waals surface area (Å²) in [4.78, 5) is 27.4. The predicted molar refractivity (Wildman–Crippen MR) is 129 cm³/mol. The van der Waals surface area contributed by atoms with Gasteiger partial charge in [-0.15, -0.1) is 0 Å². The van der Waals surface area contributed by atoms with E-state index in [4.69, 9.17) is 11.6 Å². The summed E-state index contributed by atoms with van der Waals surface area (Å²) in [7, 11) is 0.